The molecule has 0 saturated carbocycles. The molecule has 0 aliphatic rings. The molecule has 1 rings (SSSR count). The molecule has 1 atom stereocenters. The van der Waals surface area contributed by atoms with Crippen molar-refractivity contribution in [2.45, 2.75) is 46.1 Å². The van der Waals surface area contributed by atoms with E-state index in [1.165, 1.54) is 5.56 Å². The third kappa shape index (κ3) is 5.66. The van der Waals surface area contributed by atoms with Gasteiger partial charge in [0.05, 0.1) is 6.04 Å². The first-order chi connectivity index (χ1) is 7.74. The van der Waals surface area contributed by atoms with Crippen LogP contribution in [-0.2, 0) is 11.2 Å². The van der Waals surface area contributed by atoms with E-state index in [-0.39, 0.29) is 11.8 Å². The zero-order valence-electron chi connectivity index (χ0n) is 10.6. The fraction of sp³-hybridized carbons (Fsp3) is 0.500. The van der Waals surface area contributed by atoms with Gasteiger partial charge in [0.1, 0.15) is 5.78 Å². The Morgan fingerprint density at radius 1 is 1.25 bits per heavy atom. The Kier molecular flexibility index (Phi) is 8.45. The van der Waals surface area contributed by atoms with Crippen LogP contribution >= 0.6 is 0 Å². The summed E-state index contributed by atoms with van der Waals surface area (Å²) in [6, 6.07) is 9.82. The topological polar surface area (TPSA) is 43.1 Å². The van der Waals surface area contributed by atoms with E-state index in [2.05, 4.69) is 12.1 Å². The number of Topliss-reactive ketones (excluding diaryl/α,β-unsaturated/α-hetero) is 1. The first-order valence-electron chi connectivity index (χ1n) is 6.06. The van der Waals surface area contributed by atoms with E-state index in [0.29, 0.717) is 6.42 Å². The van der Waals surface area contributed by atoms with Gasteiger partial charge in [-0.05, 0) is 18.4 Å². The van der Waals surface area contributed by atoms with Crippen molar-refractivity contribution in [2.75, 3.05) is 0 Å². The van der Waals surface area contributed by atoms with Gasteiger partial charge in [-0.15, -0.1) is 0 Å². The Morgan fingerprint density at radius 3 is 2.31 bits per heavy atom. The summed E-state index contributed by atoms with van der Waals surface area (Å²) in [7, 11) is 0. The van der Waals surface area contributed by atoms with Crippen LogP contribution < -0.4 is 5.73 Å². The summed E-state index contributed by atoms with van der Waals surface area (Å²) in [5.41, 5.74) is 6.97. The minimum Gasteiger partial charge on any atom is -0.321 e. The minimum absolute atomic E-state index is 0.154. The van der Waals surface area contributed by atoms with Crippen molar-refractivity contribution >= 4 is 5.78 Å². The SMILES string of the molecule is CC.CCC(=O)C(N)CCc1ccccc1. The summed E-state index contributed by atoms with van der Waals surface area (Å²) in [5, 5.41) is 0. The molecule has 0 bridgehead atoms. The van der Waals surface area contributed by atoms with E-state index in [9.17, 15) is 4.79 Å². The second-order valence-electron chi connectivity index (χ2n) is 3.45. The van der Waals surface area contributed by atoms with Crippen LogP contribution in [-0.4, -0.2) is 11.8 Å². The minimum atomic E-state index is -0.291. The molecule has 0 aromatic heterocycles. The fourth-order valence-electron chi connectivity index (χ4n) is 1.39. The molecule has 0 radical (unpaired) electrons. The average molecular weight is 221 g/mol. The molecule has 0 heterocycles. The highest BCUT2D eigenvalue weighted by atomic mass is 16.1. The highest BCUT2D eigenvalue weighted by Gasteiger charge is 2.10. The van der Waals surface area contributed by atoms with Crippen LogP contribution in [0.1, 0.15) is 39.2 Å². The van der Waals surface area contributed by atoms with Crippen LogP contribution in [0.5, 0.6) is 0 Å². The zero-order valence-corrected chi connectivity index (χ0v) is 10.6. The Balaban J connectivity index is 0.00000106. The second kappa shape index (κ2) is 9.10. The highest BCUT2D eigenvalue weighted by Crippen LogP contribution is 2.05. The maximum atomic E-state index is 11.2. The third-order valence-electron chi connectivity index (χ3n) is 2.35. The molecule has 0 spiro atoms. The number of hydrogen-bond acceptors (Lipinski definition) is 2. The molecule has 16 heavy (non-hydrogen) atoms. The number of aryl methyl sites for hydroxylation is 1. The molecule has 1 aromatic rings. The number of benzene rings is 1. The molecule has 1 unspecified atom stereocenters. The predicted molar refractivity (Wildman–Crippen MR) is 69.4 cm³/mol. The molecule has 0 aliphatic heterocycles. The second-order valence-corrected chi connectivity index (χ2v) is 3.45. The van der Waals surface area contributed by atoms with E-state index in [4.69, 9.17) is 5.73 Å². The standard InChI is InChI=1S/C12H17NO.C2H6/c1-2-12(14)11(13)9-8-10-6-4-3-5-7-10;1-2/h3-7,11H,2,8-9,13H2,1H3;1-2H3. The lowest BCUT2D eigenvalue weighted by Crippen LogP contribution is -2.30. The van der Waals surface area contributed by atoms with Crippen molar-refractivity contribution in [2.24, 2.45) is 5.73 Å². The summed E-state index contributed by atoms with van der Waals surface area (Å²) < 4.78 is 0. The lowest BCUT2D eigenvalue weighted by Gasteiger charge is -2.08. The van der Waals surface area contributed by atoms with E-state index >= 15 is 0 Å². The molecule has 0 saturated heterocycles. The number of ketones is 1. The van der Waals surface area contributed by atoms with Gasteiger partial charge in [-0.1, -0.05) is 51.1 Å². The maximum absolute atomic E-state index is 11.2. The van der Waals surface area contributed by atoms with E-state index < -0.39 is 0 Å². The molecule has 2 N–H and O–H groups in total. The van der Waals surface area contributed by atoms with Crippen molar-refractivity contribution in [1.82, 2.24) is 0 Å². The normalized spacial score (nSPS) is 11.2. The zero-order chi connectivity index (χ0) is 12.4. The van der Waals surface area contributed by atoms with Crippen LogP contribution in [0, 0.1) is 0 Å². The van der Waals surface area contributed by atoms with E-state index in [1.54, 1.807) is 0 Å². The van der Waals surface area contributed by atoms with E-state index in [1.807, 2.05) is 39.0 Å². The summed E-state index contributed by atoms with van der Waals surface area (Å²) in [5.74, 6) is 0.154. The Hall–Kier alpha value is -1.15. The average Bonchev–Trinajstić information content (AvgIpc) is 2.38. The number of hydrogen-bond donors (Lipinski definition) is 1. The van der Waals surface area contributed by atoms with Gasteiger partial charge >= 0.3 is 0 Å². The lowest BCUT2D eigenvalue weighted by atomic mass is 10.0. The number of rotatable bonds is 5. The summed E-state index contributed by atoms with van der Waals surface area (Å²) in [4.78, 5) is 11.2. The van der Waals surface area contributed by atoms with Gasteiger partial charge in [0.2, 0.25) is 0 Å². The van der Waals surface area contributed by atoms with Crippen LogP contribution in [0.2, 0.25) is 0 Å². The number of carbonyl (C=O) groups is 1. The number of carbonyl (C=O) groups excluding carboxylic acids is 1. The van der Waals surface area contributed by atoms with E-state index in [0.717, 1.165) is 12.8 Å². The Morgan fingerprint density at radius 2 is 1.81 bits per heavy atom. The van der Waals surface area contributed by atoms with Crippen LogP contribution in [0.3, 0.4) is 0 Å². The summed E-state index contributed by atoms with van der Waals surface area (Å²) in [6.45, 7) is 5.85. The largest absolute Gasteiger partial charge is 0.321 e. The maximum Gasteiger partial charge on any atom is 0.149 e. The van der Waals surface area contributed by atoms with Gasteiger partial charge in [-0.25, -0.2) is 0 Å². The Bertz CT molecular complexity index is 282. The van der Waals surface area contributed by atoms with Crippen molar-refractivity contribution in [3.05, 3.63) is 35.9 Å². The summed E-state index contributed by atoms with van der Waals surface area (Å²) >= 11 is 0. The van der Waals surface area contributed by atoms with Gasteiger partial charge in [-0.3, -0.25) is 4.79 Å². The van der Waals surface area contributed by atoms with Gasteiger partial charge in [0, 0.05) is 6.42 Å². The van der Waals surface area contributed by atoms with Crippen molar-refractivity contribution in [3.63, 3.8) is 0 Å². The molecule has 0 aliphatic carbocycles. The highest BCUT2D eigenvalue weighted by molar-refractivity contribution is 5.83. The third-order valence-corrected chi connectivity index (χ3v) is 2.35. The first kappa shape index (κ1) is 14.8. The molecule has 0 fully saturated rings. The monoisotopic (exact) mass is 221 g/mol. The smallest absolute Gasteiger partial charge is 0.149 e. The first-order valence-corrected chi connectivity index (χ1v) is 6.06. The molecule has 0 amide bonds. The molecule has 90 valence electrons. The summed E-state index contributed by atoms with van der Waals surface area (Å²) in [6.07, 6.45) is 2.17. The predicted octanol–water partition coefficient (Wildman–Crippen LogP) is 2.95. The fourth-order valence-corrected chi connectivity index (χ4v) is 1.39. The van der Waals surface area contributed by atoms with Crippen molar-refractivity contribution in [1.29, 1.82) is 0 Å². The van der Waals surface area contributed by atoms with Crippen molar-refractivity contribution in [3.8, 4) is 0 Å². The lowest BCUT2D eigenvalue weighted by molar-refractivity contribution is -0.120. The molecule has 2 heteroatoms. The molecular weight excluding hydrogens is 198 g/mol. The van der Waals surface area contributed by atoms with Gasteiger partial charge in [-0.2, -0.15) is 0 Å². The van der Waals surface area contributed by atoms with Gasteiger partial charge < -0.3 is 5.73 Å². The van der Waals surface area contributed by atoms with Gasteiger partial charge in [0.15, 0.2) is 0 Å². The van der Waals surface area contributed by atoms with Crippen LogP contribution in [0.15, 0.2) is 30.3 Å². The van der Waals surface area contributed by atoms with Crippen LogP contribution in [0.4, 0.5) is 0 Å². The molecule has 2 nitrogen and oxygen atoms in total. The van der Waals surface area contributed by atoms with Gasteiger partial charge in [0.25, 0.3) is 0 Å². The van der Waals surface area contributed by atoms with Crippen molar-refractivity contribution < 1.29 is 4.79 Å². The van der Waals surface area contributed by atoms with Crippen LogP contribution in [0.25, 0.3) is 0 Å². The molecule has 1 aromatic carbocycles. The quantitative estimate of drug-likeness (QED) is 0.830. The Labute approximate surface area is 98.9 Å². The number of nitrogens with two attached hydrogens (primary N) is 1. The molecular formula is C14H23NO.